The number of rotatable bonds is 4. The van der Waals surface area contributed by atoms with E-state index in [4.69, 9.17) is 4.99 Å². The SMILES string of the molecule is Cc1nnc(CN=C(NC2CCCC2)N2CCN(c3cccc(C(F)(F)F)c3)CC2)n1C.I. The predicted octanol–water partition coefficient (Wildman–Crippen LogP) is 3.97. The zero-order valence-corrected chi connectivity index (χ0v) is 21.3. The highest BCUT2D eigenvalue weighted by atomic mass is 127. The van der Waals surface area contributed by atoms with Crippen LogP contribution < -0.4 is 10.2 Å². The Bertz CT molecular complexity index is 946. The number of aromatic nitrogens is 3. The van der Waals surface area contributed by atoms with E-state index in [9.17, 15) is 13.2 Å². The largest absolute Gasteiger partial charge is 0.416 e. The Labute approximate surface area is 209 Å². The summed E-state index contributed by atoms with van der Waals surface area (Å²) in [6.07, 6.45) is 0.368. The molecule has 33 heavy (non-hydrogen) atoms. The second-order valence-corrected chi connectivity index (χ2v) is 8.51. The second-order valence-electron chi connectivity index (χ2n) is 8.51. The molecule has 2 aliphatic rings. The van der Waals surface area contributed by atoms with Crippen molar-refractivity contribution in [3.63, 3.8) is 0 Å². The molecule has 1 saturated heterocycles. The lowest BCUT2D eigenvalue weighted by Gasteiger charge is -2.38. The summed E-state index contributed by atoms with van der Waals surface area (Å²) in [5.41, 5.74) is -0.00201. The molecule has 182 valence electrons. The number of halogens is 4. The van der Waals surface area contributed by atoms with Gasteiger partial charge in [0.25, 0.3) is 0 Å². The van der Waals surface area contributed by atoms with Crippen molar-refractivity contribution in [3.8, 4) is 0 Å². The fourth-order valence-electron chi connectivity index (χ4n) is 4.28. The zero-order valence-electron chi connectivity index (χ0n) is 19.0. The minimum Gasteiger partial charge on any atom is -0.368 e. The van der Waals surface area contributed by atoms with Gasteiger partial charge in [0.2, 0.25) is 0 Å². The van der Waals surface area contributed by atoms with Crippen molar-refractivity contribution in [2.45, 2.75) is 51.4 Å². The fourth-order valence-corrected chi connectivity index (χ4v) is 4.28. The van der Waals surface area contributed by atoms with Gasteiger partial charge in [0.05, 0.1) is 5.56 Å². The van der Waals surface area contributed by atoms with Gasteiger partial charge < -0.3 is 19.7 Å². The third-order valence-electron chi connectivity index (χ3n) is 6.36. The van der Waals surface area contributed by atoms with Crippen LogP contribution >= 0.6 is 24.0 Å². The van der Waals surface area contributed by atoms with E-state index < -0.39 is 11.7 Å². The smallest absolute Gasteiger partial charge is 0.368 e. The number of guanidine groups is 1. The van der Waals surface area contributed by atoms with Gasteiger partial charge in [-0.15, -0.1) is 34.2 Å². The number of nitrogens with one attached hydrogen (secondary N) is 1. The molecular formula is C22H31F3IN7. The Morgan fingerprint density at radius 1 is 1.12 bits per heavy atom. The van der Waals surface area contributed by atoms with Gasteiger partial charge in [-0.25, -0.2) is 4.99 Å². The van der Waals surface area contributed by atoms with Gasteiger partial charge in [-0.1, -0.05) is 18.9 Å². The molecule has 0 radical (unpaired) electrons. The first-order chi connectivity index (χ1) is 15.3. The van der Waals surface area contributed by atoms with Crippen molar-refractivity contribution in [1.29, 1.82) is 0 Å². The van der Waals surface area contributed by atoms with Crippen molar-refractivity contribution >= 4 is 35.6 Å². The molecule has 2 fully saturated rings. The number of aryl methyl sites for hydroxylation is 1. The van der Waals surface area contributed by atoms with E-state index in [0.29, 0.717) is 44.5 Å². The molecule has 1 aliphatic carbocycles. The molecule has 2 heterocycles. The minimum atomic E-state index is -4.33. The fraction of sp³-hybridized carbons (Fsp3) is 0.591. The van der Waals surface area contributed by atoms with Crippen LogP contribution in [0.3, 0.4) is 0 Å². The molecule has 1 aliphatic heterocycles. The van der Waals surface area contributed by atoms with Crippen LogP contribution in [0.4, 0.5) is 18.9 Å². The van der Waals surface area contributed by atoms with Crippen LogP contribution in [0.1, 0.15) is 42.9 Å². The number of hydrogen-bond donors (Lipinski definition) is 1. The topological polar surface area (TPSA) is 61.6 Å². The van der Waals surface area contributed by atoms with Crippen LogP contribution in [0.2, 0.25) is 0 Å². The summed E-state index contributed by atoms with van der Waals surface area (Å²) in [7, 11) is 1.93. The number of piperazine rings is 1. The van der Waals surface area contributed by atoms with Crippen LogP contribution in [0.25, 0.3) is 0 Å². The first-order valence-electron chi connectivity index (χ1n) is 11.1. The molecule has 0 bridgehead atoms. The highest BCUT2D eigenvalue weighted by Crippen LogP contribution is 2.32. The van der Waals surface area contributed by atoms with E-state index in [-0.39, 0.29) is 24.0 Å². The van der Waals surface area contributed by atoms with Crippen molar-refractivity contribution in [3.05, 3.63) is 41.5 Å². The van der Waals surface area contributed by atoms with Crippen molar-refractivity contribution in [2.75, 3.05) is 31.1 Å². The van der Waals surface area contributed by atoms with Crippen LogP contribution in [-0.2, 0) is 19.8 Å². The van der Waals surface area contributed by atoms with Crippen LogP contribution in [0, 0.1) is 6.92 Å². The Hall–Kier alpha value is -2.05. The first-order valence-corrected chi connectivity index (χ1v) is 11.1. The summed E-state index contributed by atoms with van der Waals surface area (Å²) < 4.78 is 41.2. The highest BCUT2D eigenvalue weighted by Gasteiger charge is 2.31. The molecule has 1 N–H and O–H groups in total. The van der Waals surface area contributed by atoms with E-state index in [0.717, 1.165) is 36.5 Å². The Kier molecular flexibility index (Phi) is 8.46. The molecule has 0 atom stereocenters. The van der Waals surface area contributed by atoms with Crippen molar-refractivity contribution < 1.29 is 13.2 Å². The maximum absolute atomic E-state index is 13.1. The van der Waals surface area contributed by atoms with Gasteiger partial charge >= 0.3 is 6.18 Å². The standard InChI is InChI=1S/C22H30F3N7.HI/c1-16-28-29-20(30(16)2)15-26-21(27-18-7-3-4-8-18)32-12-10-31(11-13-32)19-9-5-6-17(14-19)22(23,24)25;/h5-6,9,14,18H,3-4,7-8,10-13,15H2,1-2H3,(H,26,27);1H. The van der Waals surface area contributed by atoms with Crippen LogP contribution in [0.5, 0.6) is 0 Å². The van der Waals surface area contributed by atoms with Gasteiger partial charge in [-0.3, -0.25) is 0 Å². The normalized spacial score (nSPS) is 17.9. The maximum Gasteiger partial charge on any atom is 0.416 e. The molecular weight excluding hydrogens is 546 g/mol. The molecule has 0 unspecified atom stereocenters. The van der Waals surface area contributed by atoms with E-state index in [1.807, 2.05) is 23.4 Å². The Balaban J connectivity index is 0.00000306. The highest BCUT2D eigenvalue weighted by molar-refractivity contribution is 14.0. The monoisotopic (exact) mass is 577 g/mol. The lowest BCUT2D eigenvalue weighted by Crippen LogP contribution is -2.54. The number of alkyl halides is 3. The van der Waals surface area contributed by atoms with Gasteiger partial charge in [-0.2, -0.15) is 13.2 Å². The maximum atomic E-state index is 13.1. The first kappa shape index (κ1) is 25.6. The Morgan fingerprint density at radius 3 is 2.42 bits per heavy atom. The number of hydrogen-bond acceptors (Lipinski definition) is 4. The molecule has 1 aromatic heterocycles. The molecule has 7 nitrogen and oxygen atoms in total. The molecule has 11 heteroatoms. The van der Waals surface area contributed by atoms with Gasteiger partial charge in [0, 0.05) is 45.0 Å². The van der Waals surface area contributed by atoms with Crippen LogP contribution in [0.15, 0.2) is 29.3 Å². The molecule has 0 spiro atoms. The summed E-state index contributed by atoms with van der Waals surface area (Å²) in [6.45, 7) is 4.98. The van der Waals surface area contributed by atoms with Crippen molar-refractivity contribution in [2.24, 2.45) is 12.0 Å². The predicted molar refractivity (Wildman–Crippen MR) is 133 cm³/mol. The molecule has 0 amide bonds. The van der Waals surface area contributed by atoms with Gasteiger partial charge in [-0.05, 0) is 38.0 Å². The summed E-state index contributed by atoms with van der Waals surface area (Å²) in [4.78, 5) is 9.05. The van der Waals surface area contributed by atoms with E-state index in [2.05, 4.69) is 20.4 Å². The second kappa shape index (κ2) is 10.9. The molecule has 4 rings (SSSR count). The molecule has 1 saturated carbocycles. The minimum absolute atomic E-state index is 0. The van der Waals surface area contributed by atoms with Gasteiger partial charge in [0.15, 0.2) is 11.8 Å². The van der Waals surface area contributed by atoms with Crippen LogP contribution in [-0.4, -0.2) is 57.8 Å². The van der Waals surface area contributed by atoms with Crippen molar-refractivity contribution in [1.82, 2.24) is 25.0 Å². The summed E-state index contributed by atoms with van der Waals surface area (Å²) in [6, 6.07) is 5.98. The van der Waals surface area contributed by atoms with Gasteiger partial charge in [0.1, 0.15) is 12.4 Å². The summed E-state index contributed by atoms with van der Waals surface area (Å²) >= 11 is 0. The average Bonchev–Trinajstić information content (AvgIpc) is 3.41. The van der Waals surface area contributed by atoms with E-state index in [1.165, 1.54) is 25.0 Å². The zero-order chi connectivity index (χ0) is 22.7. The molecule has 1 aromatic carbocycles. The third kappa shape index (κ3) is 6.30. The average molecular weight is 577 g/mol. The lowest BCUT2D eigenvalue weighted by molar-refractivity contribution is -0.137. The lowest BCUT2D eigenvalue weighted by atomic mass is 10.1. The number of anilines is 1. The van der Waals surface area contributed by atoms with E-state index >= 15 is 0 Å². The Morgan fingerprint density at radius 2 is 1.82 bits per heavy atom. The number of benzene rings is 1. The quantitative estimate of drug-likeness (QED) is 0.339. The summed E-state index contributed by atoms with van der Waals surface area (Å²) in [5.74, 6) is 2.49. The third-order valence-corrected chi connectivity index (χ3v) is 6.36. The number of nitrogens with zero attached hydrogens (tertiary/aromatic N) is 6. The van der Waals surface area contributed by atoms with E-state index in [1.54, 1.807) is 6.07 Å². The number of aliphatic imine (C=N–C) groups is 1. The summed E-state index contributed by atoms with van der Waals surface area (Å²) in [5, 5.41) is 11.9. The molecule has 2 aromatic rings.